The Kier molecular flexibility index (Phi) is 9.03. The van der Waals surface area contributed by atoms with Gasteiger partial charge in [0.2, 0.25) is 0 Å². The lowest BCUT2D eigenvalue weighted by Gasteiger charge is -2.17. The van der Waals surface area contributed by atoms with Crippen LogP contribution in [0.25, 0.3) is 76.1 Å². The smallest absolute Gasteiger partial charge is 0.236 e. The molecule has 0 atom stereocenters. The van der Waals surface area contributed by atoms with Crippen molar-refractivity contribution in [2.24, 2.45) is 0 Å². The van der Waals surface area contributed by atoms with Gasteiger partial charge in [0.1, 0.15) is 5.01 Å². The van der Waals surface area contributed by atoms with E-state index in [9.17, 15) is 39.5 Å². The van der Waals surface area contributed by atoms with Gasteiger partial charge in [0.15, 0.2) is 0 Å². The van der Waals surface area contributed by atoms with Gasteiger partial charge in [-0.3, -0.25) is 0 Å². The average Bonchev–Trinajstić information content (AvgIpc) is 3.59. The van der Waals surface area contributed by atoms with Crippen molar-refractivity contribution in [1.82, 2.24) is 4.98 Å². The van der Waals surface area contributed by atoms with Crippen LogP contribution < -0.4 is 0 Å². The second-order valence-corrected chi connectivity index (χ2v) is 14.5. The molecule has 0 amide bonds. The minimum Gasteiger partial charge on any atom is -0.236 e. The number of aryl methyl sites for hydroxylation is 1. The van der Waals surface area contributed by atoms with E-state index in [4.69, 9.17) is 4.98 Å². The monoisotopic (exact) mass is 783 g/mol. The van der Waals surface area contributed by atoms with Crippen molar-refractivity contribution in [2.75, 3.05) is 0 Å². The summed E-state index contributed by atoms with van der Waals surface area (Å²) in [5.74, 6) is 0. The number of hydrogen-bond donors (Lipinski definition) is 0. The predicted molar refractivity (Wildman–Crippen MR) is 204 cm³/mol. The van der Waals surface area contributed by atoms with Crippen molar-refractivity contribution in [3.05, 3.63) is 162 Å². The van der Waals surface area contributed by atoms with Crippen LogP contribution in [0.2, 0.25) is 0 Å². The third kappa shape index (κ3) is 7.51. The summed E-state index contributed by atoms with van der Waals surface area (Å²) in [5.41, 5.74) is 1.81. The van der Waals surface area contributed by atoms with Crippen LogP contribution in [0.15, 0.2) is 140 Å². The molecule has 56 heavy (non-hydrogen) atoms. The lowest BCUT2D eigenvalue weighted by atomic mass is 9.90. The molecule has 0 N–H and O–H groups in total. The Morgan fingerprint density at radius 2 is 0.857 bits per heavy atom. The molecule has 0 aliphatic carbocycles. The largest absolute Gasteiger partial charge is 0.416 e. The van der Waals surface area contributed by atoms with E-state index in [1.54, 1.807) is 23.5 Å². The molecular weight excluding hydrogens is 758 g/mol. The van der Waals surface area contributed by atoms with E-state index >= 15 is 0 Å². The van der Waals surface area contributed by atoms with Crippen LogP contribution in [0, 0.1) is 6.92 Å². The minimum absolute atomic E-state index is 0.0358. The van der Waals surface area contributed by atoms with Crippen LogP contribution in [0.4, 0.5) is 39.5 Å². The normalized spacial score (nSPS) is 12.5. The number of halogens is 9. The Hall–Kier alpha value is -5.94. The molecule has 1 heterocycles. The van der Waals surface area contributed by atoms with Crippen LogP contribution >= 0.6 is 11.3 Å². The average molecular weight is 784 g/mol. The molecule has 0 radical (unpaired) electrons. The molecule has 7 aromatic carbocycles. The molecule has 280 valence electrons. The highest BCUT2D eigenvalue weighted by Crippen LogP contribution is 2.42. The number of rotatable bonds is 5. The maximum Gasteiger partial charge on any atom is 0.416 e. The van der Waals surface area contributed by atoms with Crippen LogP contribution in [0.3, 0.4) is 0 Å². The zero-order chi connectivity index (χ0) is 39.6. The van der Waals surface area contributed by atoms with Crippen molar-refractivity contribution in [2.45, 2.75) is 25.5 Å². The molecular formula is C45H26F9NS. The Morgan fingerprint density at radius 3 is 1.43 bits per heavy atom. The van der Waals surface area contributed by atoms with E-state index in [0.29, 0.717) is 23.3 Å². The van der Waals surface area contributed by atoms with Gasteiger partial charge in [-0.25, -0.2) is 4.98 Å². The Morgan fingerprint density at radius 1 is 0.393 bits per heavy atom. The summed E-state index contributed by atoms with van der Waals surface area (Å²) in [4.78, 5) is 4.77. The molecule has 0 saturated carbocycles. The first-order valence-electron chi connectivity index (χ1n) is 17.1. The van der Waals surface area contributed by atoms with Crippen LogP contribution in [-0.4, -0.2) is 4.98 Å². The quantitative estimate of drug-likeness (QED) is 0.158. The molecule has 1 aromatic heterocycles. The molecule has 0 unspecified atom stereocenters. The molecule has 0 saturated heterocycles. The van der Waals surface area contributed by atoms with Crippen LogP contribution in [0.5, 0.6) is 0 Å². The minimum atomic E-state index is -5.09. The Balaban J connectivity index is 1.19. The summed E-state index contributed by atoms with van der Waals surface area (Å²) >= 11 is 1.62. The molecule has 0 spiro atoms. The summed E-state index contributed by atoms with van der Waals surface area (Å²) in [5, 5.41) is 2.56. The summed E-state index contributed by atoms with van der Waals surface area (Å²) in [7, 11) is 0. The van der Waals surface area contributed by atoms with Crippen molar-refractivity contribution in [1.29, 1.82) is 0 Å². The van der Waals surface area contributed by atoms with Gasteiger partial charge in [-0.1, -0.05) is 66.7 Å². The fourth-order valence-electron chi connectivity index (χ4n) is 6.69. The van der Waals surface area contributed by atoms with Crippen LogP contribution in [-0.2, 0) is 18.5 Å². The summed E-state index contributed by atoms with van der Waals surface area (Å²) in [6.07, 6.45) is -14.9. The second-order valence-electron chi connectivity index (χ2n) is 13.5. The van der Waals surface area contributed by atoms with Gasteiger partial charge in [-0.2, -0.15) is 39.5 Å². The van der Waals surface area contributed by atoms with E-state index in [0.717, 1.165) is 60.4 Å². The highest BCUT2D eigenvalue weighted by Gasteiger charge is 2.37. The fourth-order valence-corrected chi connectivity index (χ4v) is 7.76. The molecule has 11 heteroatoms. The van der Waals surface area contributed by atoms with Gasteiger partial charge < -0.3 is 0 Å². The SMILES string of the molecule is Cc1ccc2nc(-c3ccc(-c4ccc5cc(-c6cc(-c7cccc(C(F)(F)F)c7)cc(-c7cc(C(F)(F)F)cc(C(F)(F)F)c7)c6)ccc5c4)cc3)sc2c1. The number of nitrogens with zero attached hydrogens (tertiary/aromatic N) is 1. The number of aromatic nitrogens is 1. The number of alkyl halides is 9. The van der Waals surface area contributed by atoms with Gasteiger partial charge in [0.05, 0.1) is 26.9 Å². The third-order valence-electron chi connectivity index (χ3n) is 9.56. The summed E-state index contributed by atoms with van der Waals surface area (Å²) < 4.78 is 125. The lowest BCUT2D eigenvalue weighted by molar-refractivity contribution is -0.143. The van der Waals surface area contributed by atoms with Gasteiger partial charge in [-0.05, 0) is 141 Å². The zero-order valence-corrected chi connectivity index (χ0v) is 29.9. The zero-order valence-electron chi connectivity index (χ0n) is 29.0. The van der Waals surface area contributed by atoms with Crippen molar-refractivity contribution >= 4 is 32.3 Å². The maximum atomic E-state index is 13.8. The predicted octanol–water partition coefficient (Wildman–Crippen LogP) is 15.1. The van der Waals surface area contributed by atoms with E-state index in [2.05, 4.69) is 6.07 Å². The Labute approximate surface area is 318 Å². The van der Waals surface area contributed by atoms with Crippen molar-refractivity contribution in [3.8, 4) is 55.1 Å². The van der Waals surface area contributed by atoms with Gasteiger partial charge in [0.25, 0.3) is 0 Å². The molecule has 0 bridgehead atoms. The van der Waals surface area contributed by atoms with Crippen LogP contribution in [0.1, 0.15) is 22.3 Å². The first-order chi connectivity index (χ1) is 26.5. The highest BCUT2D eigenvalue weighted by atomic mass is 32.1. The highest BCUT2D eigenvalue weighted by molar-refractivity contribution is 7.21. The number of fused-ring (bicyclic) bond motifs is 2. The number of hydrogen-bond acceptors (Lipinski definition) is 2. The lowest BCUT2D eigenvalue weighted by Crippen LogP contribution is -2.11. The molecule has 0 aliphatic heterocycles. The topological polar surface area (TPSA) is 12.9 Å². The molecule has 0 fully saturated rings. The summed E-state index contributed by atoms with van der Waals surface area (Å²) in [6, 6.07) is 35.4. The number of benzene rings is 7. The van der Waals surface area contributed by atoms with Gasteiger partial charge >= 0.3 is 18.5 Å². The fraction of sp³-hybridized carbons (Fsp3) is 0.0889. The van der Waals surface area contributed by atoms with E-state index in [1.165, 1.54) is 24.3 Å². The van der Waals surface area contributed by atoms with E-state index in [1.807, 2.05) is 73.7 Å². The molecule has 8 rings (SSSR count). The maximum absolute atomic E-state index is 13.8. The second kappa shape index (κ2) is 13.7. The van der Waals surface area contributed by atoms with E-state index < -0.39 is 40.8 Å². The van der Waals surface area contributed by atoms with E-state index in [-0.39, 0.29) is 22.8 Å². The molecule has 8 aromatic rings. The molecule has 1 nitrogen and oxygen atoms in total. The standard InChI is InChI=1S/C45H26F9NS/c1-25-5-14-40-41(15-25)56-42(55-40)27-8-6-26(7-9-27)29-10-11-31-17-32(13-12-30(31)16-29)34-18-33(28-3-2-4-37(21-28)43(46,47)48)19-35(20-34)36-22-38(44(49,50)51)24-39(23-36)45(52,53)54/h2-24H,1H3. The number of thiazole rings is 1. The van der Waals surface area contributed by atoms with Crippen molar-refractivity contribution in [3.63, 3.8) is 0 Å². The summed E-state index contributed by atoms with van der Waals surface area (Å²) in [6.45, 7) is 2.04. The van der Waals surface area contributed by atoms with Gasteiger partial charge in [0, 0.05) is 5.56 Å². The first-order valence-corrected chi connectivity index (χ1v) is 17.9. The molecule has 0 aliphatic rings. The Bertz CT molecular complexity index is 2740. The van der Waals surface area contributed by atoms with Crippen molar-refractivity contribution < 1.29 is 39.5 Å². The van der Waals surface area contributed by atoms with Gasteiger partial charge in [-0.15, -0.1) is 11.3 Å². The third-order valence-corrected chi connectivity index (χ3v) is 10.6. The first kappa shape index (κ1) is 37.0.